The summed E-state index contributed by atoms with van der Waals surface area (Å²) < 4.78 is 68.7. The third kappa shape index (κ3) is 4.80. The molecule has 36 heavy (non-hydrogen) atoms. The lowest BCUT2D eigenvalue weighted by molar-refractivity contribution is -0.129. The van der Waals surface area contributed by atoms with Crippen LogP contribution in [0.25, 0.3) is 0 Å². The third-order valence-corrected chi connectivity index (χ3v) is 8.06. The predicted octanol–water partition coefficient (Wildman–Crippen LogP) is 2.64. The largest absolute Gasteiger partial charge is 0.509 e. The first-order valence-electron chi connectivity index (χ1n) is 11.0. The molecule has 0 aliphatic carbocycles. The second kappa shape index (κ2) is 8.79. The van der Waals surface area contributed by atoms with Crippen LogP contribution in [0.15, 0.2) is 63.1 Å². The van der Waals surface area contributed by atoms with E-state index in [9.17, 15) is 31.1 Å². The molecule has 1 unspecified atom stereocenters. The first-order valence-corrected chi connectivity index (χ1v) is 14.3. The smallest absolute Gasteiger partial charge is 0.283 e. The van der Waals surface area contributed by atoms with Gasteiger partial charge in [0.2, 0.25) is 10.0 Å². The fraction of sp³-hybridized carbons (Fsp3) is 0.333. The Kier molecular flexibility index (Phi) is 6.34. The SMILES string of the molecule is CC(C)(C)C1C(O)=C(C2=NS(=O)(=O)c3c(CNS(C)(=O)=O)cccc32)C(=O)N1Cc1ccc(F)cc1. The van der Waals surface area contributed by atoms with Gasteiger partial charge in [0, 0.05) is 18.7 Å². The molecular weight excluding hydrogens is 509 g/mol. The van der Waals surface area contributed by atoms with E-state index in [0.29, 0.717) is 5.56 Å². The van der Waals surface area contributed by atoms with Crippen LogP contribution in [0.1, 0.15) is 37.5 Å². The first kappa shape index (κ1) is 26.0. The summed E-state index contributed by atoms with van der Waals surface area (Å²) in [5, 5.41) is 11.3. The van der Waals surface area contributed by atoms with Crippen LogP contribution in [0.3, 0.4) is 0 Å². The van der Waals surface area contributed by atoms with Crippen LogP contribution in [0.4, 0.5) is 4.39 Å². The number of sulfonamides is 2. The summed E-state index contributed by atoms with van der Waals surface area (Å²) in [6.45, 7) is 5.26. The lowest BCUT2D eigenvalue weighted by Crippen LogP contribution is -2.43. The van der Waals surface area contributed by atoms with Crippen molar-refractivity contribution in [1.82, 2.24) is 9.62 Å². The molecule has 9 nitrogen and oxygen atoms in total. The standard InChI is InChI=1S/C24H26FN3O6S2/c1-24(2,3)22-20(29)18(23(30)28(22)13-14-8-10-16(25)11-9-14)19-17-7-5-6-15(12-26-35(4,31)32)21(17)36(33,34)27-19/h5-11,22,26,29H,12-13H2,1-4H3. The van der Waals surface area contributed by atoms with E-state index in [2.05, 4.69) is 9.12 Å². The maximum atomic E-state index is 13.7. The lowest BCUT2D eigenvalue weighted by Gasteiger charge is -2.35. The number of aliphatic hydroxyl groups excluding tert-OH is 1. The quantitative estimate of drug-likeness (QED) is 0.584. The molecule has 2 aliphatic rings. The number of nitrogens with one attached hydrogen (secondary N) is 1. The molecule has 4 rings (SSSR count). The minimum atomic E-state index is -4.28. The predicted molar refractivity (Wildman–Crippen MR) is 132 cm³/mol. The lowest BCUT2D eigenvalue weighted by atomic mass is 9.84. The average molecular weight is 536 g/mol. The number of nitrogens with zero attached hydrogens (tertiary/aromatic N) is 2. The Hall–Kier alpha value is -3.09. The number of rotatable bonds is 6. The molecule has 0 bridgehead atoms. The highest BCUT2D eigenvalue weighted by molar-refractivity contribution is 7.91. The highest BCUT2D eigenvalue weighted by Crippen LogP contribution is 2.41. The van der Waals surface area contributed by atoms with Crippen molar-refractivity contribution in [3.63, 3.8) is 0 Å². The normalized spacial score (nSPS) is 19.6. The van der Waals surface area contributed by atoms with Gasteiger partial charge < -0.3 is 10.0 Å². The number of carbonyl (C=O) groups excluding carboxylic acids is 1. The van der Waals surface area contributed by atoms with Crippen LogP contribution in [0.5, 0.6) is 0 Å². The topological polar surface area (TPSA) is 133 Å². The average Bonchev–Trinajstić information content (AvgIpc) is 3.17. The molecule has 0 saturated heterocycles. The van der Waals surface area contributed by atoms with Crippen LogP contribution in [0, 0.1) is 11.2 Å². The number of halogens is 1. The van der Waals surface area contributed by atoms with Crippen LogP contribution in [-0.4, -0.2) is 50.8 Å². The molecule has 0 spiro atoms. The van der Waals surface area contributed by atoms with E-state index >= 15 is 0 Å². The first-order chi connectivity index (χ1) is 16.6. The van der Waals surface area contributed by atoms with Crippen molar-refractivity contribution in [3.8, 4) is 0 Å². The maximum Gasteiger partial charge on any atom is 0.283 e. The number of amides is 1. The van der Waals surface area contributed by atoms with E-state index < -0.39 is 43.2 Å². The number of carbonyl (C=O) groups is 1. The maximum absolute atomic E-state index is 13.7. The monoisotopic (exact) mass is 535 g/mol. The molecule has 2 aliphatic heterocycles. The van der Waals surface area contributed by atoms with Crippen molar-refractivity contribution in [2.24, 2.45) is 9.81 Å². The number of aliphatic hydroxyl groups is 1. The summed E-state index contributed by atoms with van der Waals surface area (Å²) >= 11 is 0. The summed E-state index contributed by atoms with van der Waals surface area (Å²) in [6.07, 6.45) is 0.953. The minimum Gasteiger partial charge on any atom is -0.509 e. The zero-order chi connectivity index (χ0) is 26.6. The van der Waals surface area contributed by atoms with Gasteiger partial charge in [0.25, 0.3) is 15.9 Å². The molecule has 2 aromatic carbocycles. The van der Waals surface area contributed by atoms with Gasteiger partial charge in [-0.1, -0.05) is 51.1 Å². The number of hydrogen-bond acceptors (Lipinski definition) is 6. The molecule has 12 heteroatoms. The van der Waals surface area contributed by atoms with Gasteiger partial charge in [-0.05, 0) is 28.7 Å². The van der Waals surface area contributed by atoms with Crippen LogP contribution in [-0.2, 0) is 37.9 Å². The van der Waals surface area contributed by atoms with Crippen LogP contribution < -0.4 is 4.72 Å². The summed E-state index contributed by atoms with van der Waals surface area (Å²) in [6, 6.07) is 9.26. The molecule has 1 atom stereocenters. The van der Waals surface area contributed by atoms with Crippen molar-refractivity contribution < 1.29 is 31.1 Å². The number of hydrogen-bond donors (Lipinski definition) is 2. The molecule has 192 valence electrons. The van der Waals surface area contributed by atoms with E-state index in [4.69, 9.17) is 0 Å². The Morgan fingerprint density at radius 2 is 1.78 bits per heavy atom. The van der Waals surface area contributed by atoms with Gasteiger partial charge in [-0.2, -0.15) is 12.8 Å². The van der Waals surface area contributed by atoms with Crippen molar-refractivity contribution in [2.45, 2.75) is 44.8 Å². The van der Waals surface area contributed by atoms with Gasteiger partial charge in [0.15, 0.2) is 0 Å². The molecule has 2 heterocycles. The molecular formula is C24H26FN3O6S2. The molecule has 0 fully saturated rings. The Balaban J connectivity index is 1.80. The van der Waals surface area contributed by atoms with E-state index in [1.54, 1.807) is 0 Å². The van der Waals surface area contributed by atoms with Crippen LogP contribution in [0.2, 0.25) is 0 Å². The Morgan fingerprint density at radius 3 is 2.36 bits per heavy atom. The minimum absolute atomic E-state index is 0.0554. The fourth-order valence-electron chi connectivity index (χ4n) is 4.52. The van der Waals surface area contributed by atoms with E-state index in [0.717, 1.165) is 6.26 Å². The molecule has 0 aromatic heterocycles. The van der Waals surface area contributed by atoms with E-state index in [1.165, 1.54) is 47.4 Å². The van der Waals surface area contributed by atoms with Gasteiger partial charge >= 0.3 is 0 Å². The highest BCUT2D eigenvalue weighted by atomic mass is 32.2. The van der Waals surface area contributed by atoms with Crippen LogP contribution >= 0.6 is 0 Å². The zero-order valence-electron chi connectivity index (χ0n) is 20.1. The molecule has 1 amide bonds. The van der Waals surface area contributed by atoms with Crippen molar-refractivity contribution in [3.05, 3.63) is 76.3 Å². The van der Waals surface area contributed by atoms with Crippen molar-refractivity contribution in [2.75, 3.05) is 6.26 Å². The zero-order valence-corrected chi connectivity index (χ0v) is 21.7. The fourth-order valence-corrected chi connectivity index (χ4v) is 6.38. The molecule has 0 radical (unpaired) electrons. The van der Waals surface area contributed by atoms with Gasteiger partial charge in [-0.25, -0.2) is 17.5 Å². The van der Waals surface area contributed by atoms with Gasteiger partial charge in [0.1, 0.15) is 27.8 Å². The second-order valence-electron chi connectivity index (χ2n) is 9.89. The van der Waals surface area contributed by atoms with E-state index in [1.807, 2.05) is 20.8 Å². The van der Waals surface area contributed by atoms with E-state index in [-0.39, 0.29) is 46.2 Å². The third-order valence-electron chi connectivity index (χ3n) is 5.97. The summed E-state index contributed by atoms with van der Waals surface area (Å²) in [7, 11) is -7.88. The second-order valence-corrected chi connectivity index (χ2v) is 13.3. The Labute approximate surface area is 209 Å². The van der Waals surface area contributed by atoms with Crippen molar-refractivity contribution in [1.29, 1.82) is 0 Å². The molecule has 2 aromatic rings. The van der Waals surface area contributed by atoms with Gasteiger partial charge in [-0.15, -0.1) is 0 Å². The molecule has 2 N–H and O–H groups in total. The Morgan fingerprint density at radius 1 is 1.14 bits per heavy atom. The van der Waals surface area contributed by atoms with Crippen molar-refractivity contribution >= 4 is 31.7 Å². The summed E-state index contributed by atoms with van der Waals surface area (Å²) in [5.41, 5.74) is -0.156. The summed E-state index contributed by atoms with van der Waals surface area (Å²) in [5.74, 6) is -1.35. The number of fused-ring (bicyclic) bond motifs is 1. The summed E-state index contributed by atoms with van der Waals surface area (Å²) in [4.78, 5) is 14.9. The highest BCUT2D eigenvalue weighted by Gasteiger charge is 2.49. The van der Waals surface area contributed by atoms with Gasteiger partial charge in [-0.3, -0.25) is 4.79 Å². The Bertz CT molecular complexity index is 1520. The number of benzene rings is 2. The molecule has 0 saturated carbocycles. The van der Waals surface area contributed by atoms with Gasteiger partial charge in [0.05, 0.1) is 12.3 Å².